The summed E-state index contributed by atoms with van der Waals surface area (Å²) in [6, 6.07) is 8.15. The summed E-state index contributed by atoms with van der Waals surface area (Å²) in [5.41, 5.74) is 8.02. The summed E-state index contributed by atoms with van der Waals surface area (Å²) in [7, 11) is 0. The highest BCUT2D eigenvalue weighted by atomic mass is 16.5. The molecule has 4 nitrogen and oxygen atoms in total. The van der Waals surface area contributed by atoms with E-state index in [0.29, 0.717) is 11.7 Å². The summed E-state index contributed by atoms with van der Waals surface area (Å²) < 4.78 is 5.50. The molecule has 0 aliphatic heterocycles. The second-order valence-electron chi connectivity index (χ2n) is 6.58. The SMILES string of the molecule is CCC(N)(CC)c1noc(-c2ccccc2C(C)(C)C)n1. The molecule has 2 rings (SSSR count). The molecule has 1 aromatic carbocycles. The lowest BCUT2D eigenvalue weighted by atomic mass is 9.84. The van der Waals surface area contributed by atoms with E-state index in [2.05, 4.69) is 37.0 Å². The molecule has 0 bridgehead atoms. The van der Waals surface area contributed by atoms with E-state index in [9.17, 15) is 0 Å². The Morgan fingerprint density at radius 3 is 2.29 bits per heavy atom. The lowest BCUT2D eigenvalue weighted by Gasteiger charge is -2.22. The zero-order valence-electron chi connectivity index (χ0n) is 13.6. The van der Waals surface area contributed by atoms with Crippen molar-refractivity contribution in [2.24, 2.45) is 5.73 Å². The highest BCUT2D eigenvalue weighted by Gasteiger charge is 2.30. The van der Waals surface area contributed by atoms with Gasteiger partial charge in [0.2, 0.25) is 0 Å². The Bertz CT molecular complexity index is 606. The molecule has 1 aromatic heterocycles. The first-order valence-corrected chi connectivity index (χ1v) is 7.54. The molecule has 1 heterocycles. The average molecular weight is 287 g/mol. The average Bonchev–Trinajstić information content (AvgIpc) is 2.96. The van der Waals surface area contributed by atoms with Crippen LogP contribution in [0.2, 0.25) is 0 Å². The van der Waals surface area contributed by atoms with E-state index >= 15 is 0 Å². The summed E-state index contributed by atoms with van der Waals surface area (Å²) in [6.45, 7) is 10.6. The third-order valence-corrected chi connectivity index (χ3v) is 4.10. The number of benzene rings is 1. The van der Waals surface area contributed by atoms with Crippen molar-refractivity contribution in [3.05, 3.63) is 35.7 Å². The van der Waals surface area contributed by atoms with Crippen LogP contribution < -0.4 is 5.73 Å². The van der Waals surface area contributed by atoms with Gasteiger partial charge in [0.05, 0.1) is 5.54 Å². The van der Waals surface area contributed by atoms with Gasteiger partial charge in [-0.1, -0.05) is 58.0 Å². The minimum atomic E-state index is -0.515. The van der Waals surface area contributed by atoms with Gasteiger partial charge in [-0.25, -0.2) is 0 Å². The van der Waals surface area contributed by atoms with E-state index in [1.165, 1.54) is 5.56 Å². The first-order chi connectivity index (χ1) is 9.81. The van der Waals surface area contributed by atoms with E-state index in [1.54, 1.807) is 0 Å². The Hall–Kier alpha value is -1.68. The van der Waals surface area contributed by atoms with E-state index in [1.807, 2.05) is 32.0 Å². The van der Waals surface area contributed by atoms with E-state index < -0.39 is 5.54 Å². The quantitative estimate of drug-likeness (QED) is 0.922. The van der Waals surface area contributed by atoms with Gasteiger partial charge in [-0.2, -0.15) is 4.98 Å². The number of nitrogens with two attached hydrogens (primary N) is 1. The van der Waals surface area contributed by atoms with Crippen LogP contribution in [0.25, 0.3) is 11.5 Å². The normalized spacial score (nSPS) is 12.7. The first kappa shape index (κ1) is 15.7. The largest absolute Gasteiger partial charge is 0.334 e. The maximum atomic E-state index is 6.35. The predicted molar refractivity (Wildman–Crippen MR) is 84.9 cm³/mol. The molecular formula is C17H25N3O. The van der Waals surface area contributed by atoms with Crippen LogP contribution in [-0.2, 0) is 11.0 Å². The maximum absolute atomic E-state index is 6.35. The monoisotopic (exact) mass is 287 g/mol. The zero-order chi connectivity index (χ0) is 15.7. The molecule has 0 saturated carbocycles. The van der Waals surface area contributed by atoms with Crippen molar-refractivity contribution in [3.63, 3.8) is 0 Å². The molecule has 114 valence electrons. The molecule has 0 unspecified atom stereocenters. The van der Waals surface area contributed by atoms with Crippen molar-refractivity contribution in [1.29, 1.82) is 0 Å². The molecular weight excluding hydrogens is 262 g/mol. The Morgan fingerprint density at radius 1 is 1.10 bits per heavy atom. The first-order valence-electron chi connectivity index (χ1n) is 7.54. The van der Waals surface area contributed by atoms with E-state index in [-0.39, 0.29) is 5.41 Å². The van der Waals surface area contributed by atoms with Crippen molar-refractivity contribution >= 4 is 0 Å². The van der Waals surface area contributed by atoms with Crippen LogP contribution in [0.15, 0.2) is 28.8 Å². The third kappa shape index (κ3) is 3.00. The standard InChI is InChI=1S/C17H25N3O/c1-6-17(18,7-2)15-19-14(21-20-15)12-10-8-9-11-13(12)16(3,4)5/h8-11H,6-7,18H2,1-5H3. The molecule has 0 atom stereocenters. The fourth-order valence-electron chi connectivity index (χ4n) is 2.42. The van der Waals surface area contributed by atoms with Crippen molar-refractivity contribution in [2.45, 2.75) is 58.4 Å². The fourth-order valence-corrected chi connectivity index (χ4v) is 2.42. The predicted octanol–water partition coefficient (Wildman–Crippen LogP) is 4.01. The Kier molecular flexibility index (Phi) is 4.19. The van der Waals surface area contributed by atoms with Gasteiger partial charge in [-0.15, -0.1) is 0 Å². The van der Waals surface area contributed by atoms with Crippen LogP contribution >= 0.6 is 0 Å². The van der Waals surface area contributed by atoms with Crippen LogP contribution in [0, 0.1) is 0 Å². The second kappa shape index (κ2) is 5.60. The Labute approximate surface area is 126 Å². The van der Waals surface area contributed by atoms with Crippen molar-refractivity contribution in [2.75, 3.05) is 0 Å². The molecule has 2 aromatic rings. The van der Waals surface area contributed by atoms with Gasteiger partial charge in [0.15, 0.2) is 5.82 Å². The van der Waals surface area contributed by atoms with Gasteiger partial charge in [-0.05, 0) is 29.9 Å². The van der Waals surface area contributed by atoms with Gasteiger partial charge < -0.3 is 10.3 Å². The molecule has 4 heteroatoms. The van der Waals surface area contributed by atoms with Gasteiger partial charge >= 0.3 is 0 Å². The number of nitrogens with zero attached hydrogens (tertiary/aromatic N) is 2. The van der Waals surface area contributed by atoms with Gasteiger partial charge in [0, 0.05) is 5.56 Å². The number of hydrogen-bond acceptors (Lipinski definition) is 4. The molecule has 0 fully saturated rings. The van der Waals surface area contributed by atoms with Crippen LogP contribution in [0.4, 0.5) is 0 Å². The highest BCUT2D eigenvalue weighted by Crippen LogP contribution is 2.33. The van der Waals surface area contributed by atoms with Crippen LogP contribution in [-0.4, -0.2) is 10.1 Å². The molecule has 0 aliphatic rings. The van der Waals surface area contributed by atoms with Crippen LogP contribution in [0.1, 0.15) is 58.8 Å². The van der Waals surface area contributed by atoms with Crippen molar-refractivity contribution < 1.29 is 4.52 Å². The molecule has 21 heavy (non-hydrogen) atoms. The maximum Gasteiger partial charge on any atom is 0.258 e. The molecule has 0 amide bonds. The Morgan fingerprint density at radius 2 is 1.71 bits per heavy atom. The topological polar surface area (TPSA) is 64.9 Å². The highest BCUT2D eigenvalue weighted by molar-refractivity contribution is 5.60. The fraction of sp³-hybridized carbons (Fsp3) is 0.529. The molecule has 0 aliphatic carbocycles. The summed E-state index contributed by atoms with van der Waals surface area (Å²) in [6.07, 6.45) is 1.56. The smallest absolute Gasteiger partial charge is 0.258 e. The molecule has 0 spiro atoms. The zero-order valence-corrected chi connectivity index (χ0v) is 13.6. The minimum Gasteiger partial charge on any atom is -0.334 e. The number of aromatic nitrogens is 2. The number of rotatable bonds is 4. The molecule has 0 radical (unpaired) electrons. The van der Waals surface area contributed by atoms with Crippen LogP contribution in [0.5, 0.6) is 0 Å². The summed E-state index contributed by atoms with van der Waals surface area (Å²) in [5, 5.41) is 4.12. The van der Waals surface area contributed by atoms with Crippen LogP contribution in [0.3, 0.4) is 0 Å². The van der Waals surface area contributed by atoms with Gasteiger partial charge in [-0.3, -0.25) is 0 Å². The lowest BCUT2D eigenvalue weighted by molar-refractivity contribution is 0.350. The van der Waals surface area contributed by atoms with Gasteiger partial charge in [0.25, 0.3) is 5.89 Å². The van der Waals surface area contributed by atoms with Gasteiger partial charge in [0.1, 0.15) is 0 Å². The minimum absolute atomic E-state index is 0.0144. The summed E-state index contributed by atoms with van der Waals surface area (Å²) in [5.74, 6) is 1.14. The summed E-state index contributed by atoms with van der Waals surface area (Å²) in [4.78, 5) is 4.57. The van der Waals surface area contributed by atoms with E-state index in [0.717, 1.165) is 18.4 Å². The van der Waals surface area contributed by atoms with Crippen molar-refractivity contribution in [3.8, 4) is 11.5 Å². The molecule has 0 saturated heterocycles. The van der Waals surface area contributed by atoms with E-state index in [4.69, 9.17) is 10.3 Å². The third-order valence-electron chi connectivity index (χ3n) is 4.10. The van der Waals surface area contributed by atoms with Crippen molar-refractivity contribution in [1.82, 2.24) is 10.1 Å². The number of hydrogen-bond donors (Lipinski definition) is 1. The molecule has 2 N–H and O–H groups in total. The lowest BCUT2D eigenvalue weighted by Crippen LogP contribution is -2.36. The second-order valence-corrected chi connectivity index (χ2v) is 6.58. The Balaban J connectivity index is 2.49. The summed E-state index contributed by atoms with van der Waals surface area (Å²) >= 11 is 0.